The minimum atomic E-state index is 0.221. The van der Waals surface area contributed by atoms with Crippen molar-refractivity contribution in [2.24, 2.45) is 7.05 Å². The van der Waals surface area contributed by atoms with Crippen molar-refractivity contribution < 1.29 is 9.53 Å². The Morgan fingerprint density at radius 3 is 2.89 bits per heavy atom. The van der Waals surface area contributed by atoms with Gasteiger partial charge in [0.1, 0.15) is 0 Å². The third-order valence-corrected chi connectivity index (χ3v) is 3.10. The number of morpholine rings is 1. The number of nitrogens with zero attached hydrogens (tertiary/aromatic N) is 2. The van der Waals surface area contributed by atoms with Gasteiger partial charge in [0.2, 0.25) is 5.91 Å². The van der Waals surface area contributed by atoms with Gasteiger partial charge in [-0.3, -0.25) is 4.79 Å². The summed E-state index contributed by atoms with van der Waals surface area (Å²) in [5.41, 5.74) is 1.25. The van der Waals surface area contributed by atoms with E-state index < -0.39 is 0 Å². The fraction of sp³-hybridized carbons (Fsp3) is 0.615. The summed E-state index contributed by atoms with van der Waals surface area (Å²) in [6.07, 6.45) is 4.67. The van der Waals surface area contributed by atoms with E-state index in [1.807, 2.05) is 22.7 Å². The predicted octanol–water partition coefficient (Wildman–Crippen LogP) is 0.364. The largest absolute Gasteiger partial charge is 0.378 e. The minimum Gasteiger partial charge on any atom is -0.378 e. The molecule has 0 unspecified atom stereocenters. The van der Waals surface area contributed by atoms with Crippen LogP contribution in [0.4, 0.5) is 0 Å². The maximum atomic E-state index is 11.8. The normalized spacial score (nSPS) is 15.9. The third kappa shape index (κ3) is 3.85. The van der Waals surface area contributed by atoms with Gasteiger partial charge in [0.25, 0.3) is 0 Å². The highest BCUT2D eigenvalue weighted by molar-refractivity contribution is 5.76. The Labute approximate surface area is 108 Å². The van der Waals surface area contributed by atoms with E-state index in [0.29, 0.717) is 19.6 Å². The fourth-order valence-electron chi connectivity index (χ4n) is 2.06. The number of carbonyl (C=O) groups excluding carboxylic acids is 1. The molecule has 1 fully saturated rings. The maximum Gasteiger partial charge on any atom is 0.224 e. The van der Waals surface area contributed by atoms with E-state index in [9.17, 15) is 4.79 Å². The van der Waals surface area contributed by atoms with Crippen LogP contribution in [0.5, 0.6) is 0 Å². The number of carbonyl (C=O) groups is 1. The monoisotopic (exact) mass is 251 g/mol. The van der Waals surface area contributed by atoms with Crippen molar-refractivity contribution in [3.8, 4) is 0 Å². The molecular weight excluding hydrogens is 230 g/mol. The Bertz CT molecular complexity index is 383. The van der Waals surface area contributed by atoms with E-state index in [1.54, 1.807) is 0 Å². The lowest BCUT2D eigenvalue weighted by molar-refractivity contribution is -0.135. The molecule has 0 aromatic carbocycles. The van der Waals surface area contributed by atoms with Gasteiger partial charge in [-0.05, 0) is 11.6 Å². The van der Waals surface area contributed by atoms with Crippen LogP contribution in [-0.2, 0) is 23.1 Å². The lowest BCUT2D eigenvalue weighted by atomic mass is 10.3. The molecule has 18 heavy (non-hydrogen) atoms. The molecule has 5 nitrogen and oxygen atoms in total. The number of hydrogen-bond acceptors (Lipinski definition) is 3. The molecule has 1 saturated heterocycles. The van der Waals surface area contributed by atoms with Crippen LogP contribution in [0.3, 0.4) is 0 Å². The average Bonchev–Trinajstić information content (AvgIpc) is 2.81. The molecule has 0 atom stereocenters. The molecule has 2 rings (SSSR count). The zero-order valence-corrected chi connectivity index (χ0v) is 10.9. The van der Waals surface area contributed by atoms with Gasteiger partial charge in [-0.15, -0.1) is 0 Å². The van der Waals surface area contributed by atoms with Crippen LogP contribution in [0.15, 0.2) is 18.5 Å². The van der Waals surface area contributed by atoms with E-state index in [0.717, 1.165) is 26.2 Å². The smallest absolute Gasteiger partial charge is 0.224 e. The molecule has 1 aromatic heterocycles. The third-order valence-electron chi connectivity index (χ3n) is 3.10. The summed E-state index contributed by atoms with van der Waals surface area (Å²) in [6.45, 7) is 4.35. The Morgan fingerprint density at radius 2 is 2.22 bits per heavy atom. The Balaban J connectivity index is 1.61. The van der Waals surface area contributed by atoms with Crippen LogP contribution in [0.1, 0.15) is 12.0 Å². The van der Waals surface area contributed by atoms with Crippen LogP contribution in [0.25, 0.3) is 0 Å². The van der Waals surface area contributed by atoms with Gasteiger partial charge in [-0.2, -0.15) is 0 Å². The summed E-state index contributed by atoms with van der Waals surface area (Å²) in [5.74, 6) is 0.221. The maximum absolute atomic E-state index is 11.8. The lowest BCUT2D eigenvalue weighted by Gasteiger charge is -2.26. The van der Waals surface area contributed by atoms with E-state index in [4.69, 9.17) is 4.74 Å². The lowest BCUT2D eigenvalue weighted by Crippen LogP contribution is -2.41. The standard InChI is InChI=1S/C13H21N3O2/c1-15-5-3-12(11-15)10-14-4-2-13(17)16-6-8-18-9-7-16/h3,5,11,14H,2,4,6-10H2,1H3. The van der Waals surface area contributed by atoms with Gasteiger partial charge in [0.05, 0.1) is 13.2 Å². The van der Waals surface area contributed by atoms with Crippen molar-refractivity contribution in [1.29, 1.82) is 0 Å². The molecule has 1 N–H and O–H groups in total. The minimum absolute atomic E-state index is 0.221. The second kappa shape index (κ2) is 6.56. The second-order valence-electron chi connectivity index (χ2n) is 4.61. The van der Waals surface area contributed by atoms with Crippen molar-refractivity contribution in [1.82, 2.24) is 14.8 Å². The molecular formula is C13H21N3O2. The summed E-state index contributed by atoms with van der Waals surface area (Å²) in [7, 11) is 2.01. The summed E-state index contributed by atoms with van der Waals surface area (Å²) in [6, 6.07) is 2.08. The van der Waals surface area contributed by atoms with Crippen LogP contribution >= 0.6 is 0 Å². The average molecular weight is 251 g/mol. The molecule has 0 radical (unpaired) electrons. The number of hydrogen-bond donors (Lipinski definition) is 1. The molecule has 1 aliphatic heterocycles. The van der Waals surface area contributed by atoms with Crippen LogP contribution < -0.4 is 5.32 Å². The summed E-state index contributed by atoms with van der Waals surface area (Å²) in [4.78, 5) is 13.7. The van der Waals surface area contributed by atoms with Crippen molar-refractivity contribution in [2.45, 2.75) is 13.0 Å². The Kier molecular flexibility index (Phi) is 4.78. The van der Waals surface area contributed by atoms with Crippen molar-refractivity contribution in [3.05, 3.63) is 24.0 Å². The highest BCUT2D eigenvalue weighted by Crippen LogP contribution is 2.01. The van der Waals surface area contributed by atoms with Gasteiger partial charge < -0.3 is 19.5 Å². The number of aromatic nitrogens is 1. The number of ether oxygens (including phenoxy) is 1. The number of rotatable bonds is 5. The summed E-state index contributed by atoms with van der Waals surface area (Å²) in [5, 5.41) is 3.29. The first-order valence-electron chi connectivity index (χ1n) is 6.43. The summed E-state index contributed by atoms with van der Waals surface area (Å²) < 4.78 is 7.25. The Morgan fingerprint density at radius 1 is 1.44 bits per heavy atom. The fourth-order valence-corrected chi connectivity index (χ4v) is 2.06. The van der Waals surface area contributed by atoms with Gasteiger partial charge >= 0.3 is 0 Å². The number of aryl methyl sites for hydroxylation is 1. The SMILES string of the molecule is Cn1ccc(CNCCC(=O)N2CCOCC2)c1. The molecule has 5 heteroatoms. The second-order valence-corrected chi connectivity index (χ2v) is 4.61. The predicted molar refractivity (Wildman–Crippen MR) is 69.1 cm³/mol. The molecule has 1 aliphatic rings. The molecule has 0 saturated carbocycles. The van der Waals surface area contributed by atoms with Gasteiger partial charge in [-0.1, -0.05) is 0 Å². The van der Waals surface area contributed by atoms with Crippen LogP contribution in [0.2, 0.25) is 0 Å². The molecule has 2 heterocycles. The molecule has 0 aliphatic carbocycles. The van der Waals surface area contributed by atoms with E-state index in [2.05, 4.69) is 17.6 Å². The van der Waals surface area contributed by atoms with Crippen molar-refractivity contribution >= 4 is 5.91 Å². The topological polar surface area (TPSA) is 46.5 Å². The van der Waals surface area contributed by atoms with Gasteiger partial charge in [0.15, 0.2) is 0 Å². The van der Waals surface area contributed by atoms with E-state index in [1.165, 1.54) is 5.56 Å². The zero-order valence-electron chi connectivity index (χ0n) is 10.9. The van der Waals surface area contributed by atoms with Gasteiger partial charge in [0, 0.05) is 52.0 Å². The molecule has 1 amide bonds. The first-order valence-corrected chi connectivity index (χ1v) is 6.43. The molecule has 100 valence electrons. The quantitative estimate of drug-likeness (QED) is 0.769. The van der Waals surface area contributed by atoms with Crippen LogP contribution in [0, 0.1) is 0 Å². The first-order chi connectivity index (χ1) is 8.75. The van der Waals surface area contributed by atoms with Crippen LogP contribution in [-0.4, -0.2) is 48.2 Å². The highest BCUT2D eigenvalue weighted by Gasteiger charge is 2.15. The van der Waals surface area contributed by atoms with Gasteiger partial charge in [-0.25, -0.2) is 0 Å². The van der Waals surface area contributed by atoms with E-state index >= 15 is 0 Å². The van der Waals surface area contributed by atoms with Crippen molar-refractivity contribution in [3.63, 3.8) is 0 Å². The number of nitrogens with one attached hydrogen (secondary N) is 1. The molecule has 0 spiro atoms. The Hall–Kier alpha value is -1.33. The highest BCUT2D eigenvalue weighted by atomic mass is 16.5. The van der Waals surface area contributed by atoms with E-state index in [-0.39, 0.29) is 5.91 Å². The summed E-state index contributed by atoms with van der Waals surface area (Å²) >= 11 is 0. The number of amides is 1. The first kappa shape index (κ1) is 13.1. The van der Waals surface area contributed by atoms with Crippen molar-refractivity contribution in [2.75, 3.05) is 32.8 Å². The zero-order chi connectivity index (χ0) is 12.8. The molecule has 0 bridgehead atoms. The molecule has 1 aromatic rings.